The monoisotopic (exact) mass is 210 g/mol. The Kier molecular flexibility index (Phi) is 2.70. The van der Waals surface area contributed by atoms with Crippen LogP contribution >= 0.6 is 0 Å². The van der Waals surface area contributed by atoms with Gasteiger partial charge in [-0.1, -0.05) is 0 Å². The predicted molar refractivity (Wildman–Crippen MR) is 50.2 cm³/mol. The molecule has 0 saturated carbocycles. The fraction of sp³-hybridized carbons (Fsp3) is 0.429. The van der Waals surface area contributed by atoms with Crippen molar-refractivity contribution in [1.29, 1.82) is 0 Å². The van der Waals surface area contributed by atoms with Crippen LogP contribution in [0.15, 0.2) is 12.1 Å². The molecule has 8 heteroatoms. The van der Waals surface area contributed by atoms with Gasteiger partial charge >= 0.3 is 0 Å². The third kappa shape index (κ3) is 2.00. The fourth-order valence-corrected chi connectivity index (χ4v) is 1.08. The first kappa shape index (κ1) is 9.74. The Hall–Kier alpha value is -1.80. The van der Waals surface area contributed by atoms with Gasteiger partial charge in [0.1, 0.15) is 5.82 Å². The molecule has 2 heterocycles. The molecule has 0 aliphatic rings. The topological polar surface area (TPSA) is 108 Å². The van der Waals surface area contributed by atoms with Crippen LogP contribution < -0.4 is 5.32 Å². The van der Waals surface area contributed by atoms with E-state index in [1.54, 1.807) is 12.1 Å². The van der Waals surface area contributed by atoms with Crippen LogP contribution in [0.25, 0.3) is 5.65 Å². The maximum atomic E-state index is 8.86. The number of nitrogens with zero attached hydrogens (tertiary/aromatic N) is 5. The van der Waals surface area contributed by atoms with Gasteiger partial charge in [-0.05, 0) is 22.6 Å². The Morgan fingerprint density at radius 2 is 2.13 bits per heavy atom. The first-order valence-electron chi connectivity index (χ1n) is 4.37. The van der Waals surface area contributed by atoms with Crippen molar-refractivity contribution in [3.8, 4) is 0 Å². The normalized spacial score (nSPS) is 11.1. The molecule has 2 aromatic rings. The van der Waals surface area contributed by atoms with E-state index in [0.29, 0.717) is 11.5 Å². The van der Waals surface area contributed by atoms with Crippen LogP contribution in [-0.2, 0) is 0 Å². The Balaban J connectivity index is 2.20. The summed E-state index contributed by atoms with van der Waals surface area (Å²) in [5.74, 6) is 0.489. The Labute approximate surface area is 84.5 Å². The molecular formula is C7H10N6O2. The molecular weight excluding hydrogens is 200 g/mol. The van der Waals surface area contributed by atoms with E-state index < -0.39 is 6.04 Å². The van der Waals surface area contributed by atoms with E-state index in [0.717, 1.165) is 0 Å². The lowest BCUT2D eigenvalue weighted by Crippen LogP contribution is -2.28. The molecule has 2 aromatic heterocycles. The van der Waals surface area contributed by atoms with Gasteiger partial charge in [-0.3, -0.25) is 0 Å². The van der Waals surface area contributed by atoms with Gasteiger partial charge in [-0.2, -0.15) is 0 Å². The standard InChI is InChI=1S/C7H10N6O2/c14-3-5(4-15)8-6-1-2-7-9-11-12-13(7)10-6/h1-2,5,14-15H,3-4H2,(H,8,10). The number of aliphatic hydroxyl groups is 2. The summed E-state index contributed by atoms with van der Waals surface area (Å²) < 4.78 is 1.26. The van der Waals surface area contributed by atoms with Crippen LogP contribution in [-0.4, -0.2) is 54.7 Å². The molecule has 0 spiro atoms. The first-order chi connectivity index (χ1) is 7.33. The average Bonchev–Trinajstić information content (AvgIpc) is 2.73. The van der Waals surface area contributed by atoms with E-state index in [9.17, 15) is 0 Å². The summed E-state index contributed by atoms with van der Waals surface area (Å²) in [6.07, 6.45) is 0. The average molecular weight is 210 g/mol. The third-order valence-corrected chi connectivity index (χ3v) is 1.86. The number of anilines is 1. The number of nitrogens with one attached hydrogen (secondary N) is 1. The number of fused-ring (bicyclic) bond motifs is 1. The molecule has 0 aliphatic heterocycles. The molecule has 3 N–H and O–H groups in total. The number of aliphatic hydroxyl groups excluding tert-OH is 2. The second-order valence-electron chi connectivity index (χ2n) is 2.95. The zero-order valence-corrected chi connectivity index (χ0v) is 7.78. The molecule has 0 aliphatic carbocycles. The lowest BCUT2D eigenvalue weighted by molar-refractivity contribution is 0.203. The minimum absolute atomic E-state index is 0.175. The highest BCUT2D eigenvalue weighted by Crippen LogP contribution is 2.04. The van der Waals surface area contributed by atoms with Crippen molar-refractivity contribution in [1.82, 2.24) is 25.3 Å². The van der Waals surface area contributed by atoms with Crippen molar-refractivity contribution in [2.24, 2.45) is 0 Å². The van der Waals surface area contributed by atoms with Crippen molar-refractivity contribution >= 4 is 11.5 Å². The van der Waals surface area contributed by atoms with E-state index in [2.05, 4.69) is 25.9 Å². The highest BCUT2D eigenvalue weighted by atomic mass is 16.3. The highest BCUT2D eigenvalue weighted by Gasteiger charge is 2.07. The van der Waals surface area contributed by atoms with E-state index in [1.165, 1.54) is 4.63 Å². The molecule has 0 saturated heterocycles. The molecule has 0 unspecified atom stereocenters. The van der Waals surface area contributed by atoms with Gasteiger partial charge < -0.3 is 15.5 Å². The second-order valence-corrected chi connectivity index (χ2v) is 2.95. The predicted octanol–water partition coefficient (Wildman–Crippen LogP) is -1.72. The second kappa shape index (κ2) is 4.15. The number of hydrogen-bond acceptors (Lipinski definition) is 7. The summed E-state index contributed by atoms with van der Waals surface area (Å²) in [7, 11) is 0. The molecule has 0 fully saturated rings. The van der Waals surface area contributed by atoms with Crippen LogP contribution in [0.4, 0.5) is 5.82 Å². The molecule has 0 bridgehead atoms. The maximum Gasteiger partial charge on any atom is 0.200 e. The molecule has 0 aromatic carbocycles. The van der Waals surface area contributed by atoms with Crippen molar-refractivity contribution in [3.05, 3.63) is 12.1 Å². The van der Waals surface area contributed by atoms with Gasteiger partial charge in [-0.15, -0.1) is 14.8 Å². The summed E-state index contributed by atoms with van der Waals surface area (Å²) in [4.78, 5) is 0. The summed E-state index contributed by atoms with van der Waals surface area (Å²) in [5, 5.41) is 35.3. The van der Waals surface area contributed by atoms with E-state index in [4.69, 9.17) is 10.2 Å². The van der Waals surface area contributed by atoms with Gasteiger partial charge in [0.2, 0.25) is 0 Å². The minimum Gasteiger partial charge on any atom is -0.394 e. The number of tetrazole rings is 1. The van der Waals surface area contributed by atoms with Crippen LogP contribution in [0.3, 0.4) is 0 Å². The Bertz CT molecular complexity index is 440. The molecule has 8 nitrogen and oxygen atoms in total. The van der Waals surface area contributed by atoms with Crippen molar-refractivity contribution in [2.45, 2.75) is 6.04 Å². The maximum absolute atomic E-state index is 8.86. The quantitative estimate of drug-likeness (QED) is 0.551. The lowest BCUT2D eigenvalue weighted by atomic mass is 10.3. The fourth-order valence-electron chi connectivity index (χ4n) is 1.08. The molecule has 0 amide bonds. The van der Waals surface area contributed by atoms with Gasteiger partial charge in [0.15, 0.2) is 5.65 Å². The largest absolute Gasteiger partial charge is 0.394 e. The summed E-state index contributed by atoms with van der Waals surface area (Å²) >= 11 is 0. The van der Waals surface area contributed by atoms with Gasteiger partial charge in [0, 0.05) is 0 Å². The lowest BCUT2D eigenvalue weighted by Gasteiger charge is -2.12. The minimum atomic E-state index is -0.438. The Morgan fingerprint density at radius 1 is 1.33 bits per heavy atom. The molecule has 0 atom stereocenters. The van der Waals surface area contributed by atoms with Crippen LogP contribution in [0.1, 0.15) is 0 Å². The number of aromatic nitrogens is 5. The van der Waals surface area contributed by atoms with Crippen LogP contribution in [0.5, 0.6) is 0 Å². The zero-order valence-electron chi connectivity index (χ0n) is 7.78. The third-order valence-electron chi connectivity index (χ3n) is 1.86. The Morgan fingerprint density at radius 3 is 2.87 bits per heavy atom. The van der Waals surface area contributed by atoms with Crippen molar-refractivity contribution in [3.63, 3.8) is 0 Å². The SMILES string of the molecule is OCC(CO)Nc1ccc2nnnn2n1. The smallest absolute Gasteiger partial charge is 0.200 e. The van der Waals surface area contributed by atoms with Gasteiger partial charge in [0.25, 0.3) is 0 Å². The number of hydrogen-bond donors (Lipinski definition) is 3. The van der Waals surface area contributed by atoms with Crippen LogP contribution in [0, 0.1) is 0 Å². The van der Waals surface area contributed by atoms with Gasteiger partial charge in [-0.25, -0.2) is 0 Å². The summed E-state index contributed by atoms with van der Waals surface area (Å²) in [5.41, 5.74) is 0.532. The molecule has 2 rings (SSSR count). The molecule has 0 radical (unpaired) electrons. The zero-order chi connectivity index (χ0) is 10.7. The summed E-state index contributed by atoms with van der Waals surface area (Å²) in [6.45, 7) is -0.350. The van der Waals surface area contributed by atoms with Gasteiger partial charge in [0.05, 0.1) is 19.3 Å². The van der Waals surface area contributed by atoms with Crippen molar-refractivity contribution in [2.75, 3.05) is 18.5 Å². The summed E-state index contributed by atoms with van der Waals surface area (Å²) in [6, 6.07) is 2.91. The van der Waals surface area contributed by atoms with E-state index in [-0.39, 0.29) is 13.2 Å². The molecule has 15 heavy (non-hydrogen) atoms. The number of rotatable bonds is 4. The first-order valence-corrected chi connectivity index (χ1v) is 4.37. The van der Waals surface area contributed by atoms with E-state index in [1.807, 2.05) is 0 Å². The highest BCUT2D eigenvalue weighted by molar-refractivity contribution is 5.42. The van der Waals surface area contributed by atoms with E-state index >= 15 is 0 Å². The van der Waals surface area contributed by atoms with Crippen LogP contribution in [0.2, 0.25) is 0 Å². The molecule has 80 valence electrons. The van der Waals surface area contributed by atoms with Crippen molar-refractivity contribution < 1.29 is 10.2 Å².